The summed E-state index contributed by atoms with van der Waals surface area (Å²) in [5.74, 6) is 1.01. The van der Waals surface area contributed by atoms with Crippen LogP contribution in [0, 0.1) is 5.92 Å². The molecule has 120 valence electrons. The van der Waals surface area contributed by atoms with Crippen LogP contribution in [0.2, 0.25) is 0 Å². The highest BCUT2D eigenvalue weighted by Crippen LogP contribution is 2.22. The van der Waals surface area contributed by atoms with E-state index < -0.39 is 0 Å². The second kappa shape index (κ2) is 7.29. The molecule has 1 aromatic rings. The average molecular weight is 304 g/mol. The summed E-state index contributed by atoms with van der Waals surface area (Å²) in [6.45, 7) is 4.70. The Morgan fingerprint density at radius 1 is 1.32 bits per heavy atom. The maximum absolute atomic E-state index is 12.4. The van der Waals surface area contributed by atoms with E-state index in [1.165, 1.54) is 0 Å². The van der Waals surface area contributed by atoms with Gasteiger partial charge in [0, 0.05) is 18.7 Å². The van der Waals surface area contributed by atoms with Crippen molar-refractivity contribution >= 4 is 17.5 Å². The molecule has 0 bridgehead atoms. The minimum absolute atomic E-state index is 0.0716. The lowest BCUT2D eigenvalue weighted by Crippen LogP contribution is -2.43. The van der Waals surface area contributed by atoms with E-state index in [1.807, 2.05) is 13.8 Å². The molecule has 1 aliphatic heterocycles. The predicted octanol–water partition coefficient (Wildman–Crippen LogP) is 2.67. The first-order chi connectivity index (χ1) is 10.5. The molecule has 0 unspecified atom stereocenters. The Balaban J connectivity index is 1.99. The number of ether oxygens (including phenoxy) is 1. The molecular weight excluding hydrogens is 280 g/mol. The van der Waals surface area contributed by atoms with Gasteiger partial charge in [-0.2, -0.15) is 0 Å². The van der Waals surface area contributed by atoms with Crippen molar-refractivity contribution in [1.29, 1.82) is 0 Å². The minimum Gasteiger partial charge on any atom is -0.497 e. The normalized spacial score (nSPS) is 17.6. The molecule has 22 heavy (non-hydrogen) atoms. The topological polar surface area (TPSA) is 58.6 Å². The lowest BCUT2D eigenvalue weighted by atomic mass is 10.1. The van der Waals surface area contributed by atoms with Gasteiger partial charge in [0.2, 0.25) is 11.8 Å². The third kappa shape index (κ3) is 4.00. The molecule has 1 fully saturated rings. The quantitative estimate of drug-likeness (QED) is 0.910. The third-order valence-electron chi connectivity index (χ3n) is 3.82. The zero-order valence-electron chi connectivity index (χ0n) is 13.5. The Morgan fingerprint density at radius 2 is 2.00 bits per heavy atom. The Labute approximate surface area is 131 Å². The monoisotopic (exact) mass is 304 g/mol. The number of benzene rings is 1. The van der Waals surface area contributed by atoms with Gasteiger partial charge in [0.15, 0.2) is 0 Å². The number of carbonyl (C=O) groups excluding carboxylic acids is 2. The second-order valence-electron chi connectivity index (χ2n) is 6.06. The van der Waals surface area contributed by atoms with Gasteiger partial charge in [-0.1, -0.05) is 13.8 Å². The van der Waals surface area contributed by atoms with Crippen molar-refractivity contribution in [2.24, 2.45) is 5.92 Å². The van der Waals surface area contributed by atoms with Gasteiger partial charge in [-0.15, -0.1) is 0 Å². The Bertz CT molecular complexity index is 525. The number of carbonyl (C=O) groups is 2. The van der Waals surface area contributed by atoms with Gasteiger partial charge >= 0.3 is 0 Å². The van der Waals surface area contributed by atoms with Crippen LogP contribution in [0.1, 0.15) is 33.1 Å². The largest absolute Gasteiger partial charge is 0.497 e. The van der Waals surface area contributed by atoms with Crippen molar-refractivity contribution in [3.8, 4) is 5.75 Å². The molecule has 1 atom stereocenters. The van der Waals surface area contributed by atoms with Crippen LogP contribution in [0.4, 0.5) is 5.69 Å². The first-order valence-corrected chi connectivity index (χ1v) is 7.75. The fourth-order valence-electron chi connectivity index (χ4n) is 2.70. The fourth-order valence-corrected chi connectivity index (χ4v) is 2.70. The van der Waals surface area contributed by atoms with Gasteiger partial charge < -0.3 is 15.0 Å². The zero-order chi connectivity index (χ0) is 16.1. The van der Waals surface area contributed by atoms with Crippen LogP contribution in [-0.4, -0.2) is 36.4 Å². The molecule has 0 aliphatic carbocycles. The molecule has 0 spiro atoms. The van der Waals surface area contributed by atoms with Crippen LogP contribution in [0.15, 0.2) is 24.3 Å². The van der Waals surface area contributed by atoms with Gasteiger partial charge in [0.05, 0.1) is 7.11 Å². The van der Waals surface area contributed by atoms with Crippen molar-refractivity contribution in [3.05, 3.63) is 24.3 Å². The molecule has 5 nitrogen and oxygen atoms in total. The number of anilines is 1. The lowest BCUT2D eigenvalue weighted by molar-refractivity contribution is -0.137. The molecule has 1 aliphatic rings. The molecule has 1 aromatic carbocycles. The summed E-state index contributed by atoms with van der Waals surface area (Å²) in [6, 6.07) is 6.84. The maximum Gasteiger partial charge on any atom is 0.247 e. The van der Waals surface area contributed by atoms with E-state index in [-0.39, 0.29) is 17.9 Å². The minimum atomic E-state index is -0.353. The molecule has 1 heterocycles. The van der Waals surface area contributed by atoms with Crippen molar-refractivity contribution in [3.63, 3.8) is 0 Å². The Morgan fingerprint density at radius 3 is 2.59 bits per heavy atom. The predicted molar refractivity (Wildman–Crippen MR) is 85.8 cm³/mol. The van der Waals surface area contributed by atoms with Gasteiger partial charge in [0.25, 0.3) is 0 Å². The van der Waals surface area contributed by atoms with Crippen LogP contribution < -0.4 is 10.1 Å². The molecule has 5 heteroatoms. The maximum atomic E-state index is 12.4. The Hall–Kier alpha value is -2.04. The van der Waals surface area contributed by atoms with Gasteiger partial charge in [-0.3, -0.25) is 9.59 Å². The standard InChI is InChI=1S/C17H24N2O3/c1-12(2)11-16(20)19-10-4-5-15(19)17(21)18-13-6-8-14(22-3)9-7-13/h6-9,12,15H,4-5,10-11H2,1-3H3,(H,18,21)/t15-/m1/s1. The SMILES string of the molecule is COc1ccc(NC(=O)[C@H]2CCCN2C(=O)CC(C)C)cc1. The van der Waals surface area contributed by atoms with E-state index in [0.29, 0.717) is 24.6 Å². The average Bonchev–Trinajstić information content (AvgIpc) is 2.97. The third-order valence-corrected chi connectivity index (χ3v) is 3.82. The first-order valence-electron chi connectivity index (χ1n) is 7.75. The van der Waals surface area contributed by atoms with Crippen molar-refractivity contribution in [2.75, 3.05) is 19.0 Å². The van der Waals surface area contributed by atoms with E-state index in [4.69, 9.17) is 4.74 Å². The highest BCUT2D eigenvalue weighted by Gasteiger charge is 2.33. The highest BCUT2D eigenvalue weighted by molar-refractivity contribution is 5.97. The summed E-state index contributed by atoms with van der Waals surface area (Å²) in [5.41, 5.74) is 0.717. The number of nitrogens with zero attached hydrogens (tertiary/aromatic N) is 1. The first kappa shape index (κ1) is 16.3. The fraction of sp³-hybridized carbons (Fsp3) is 0.529. The number of rotatable bonds is 5. The molecule has 0 radical (unpaired) electrons. The van der Waals surface area contributed by atoms with Gasteiger partial charge in [0.1, 0.15) is 11.8 Å². The molecule has 0 aromatic heterocycles. The van der Waals surface area contributed by atoms with Crippen LogP contribution in [0.25, 0.3) is 0 Å². The zero-order valence-corrected chi connectivity index (χ0v) is 13.5. The summed E-state index contributed by atoms with van der Waals surface area (Å²) >= 11 is 0. The molecular formula is C17H24N2O3. The summed E-state index contributed by atoms with van der Waals surface area (Å²) in [7, 11) is 1.60. The summed E-state index contributed by atoms with van der Waals surface area (Å²) in [4.78, 5) is 26.4. The van der Waals surface area contributed by atoms with Crippen LogP contribution >= 0.6 is 0 Å². The summed E-state index contributed by atoms with van der Waals surface area (Å²) in [6.07, 6.45) is 2.10. The van der Waals surface area contributed by atoms with Crippen LogP contribution in [0.5, 0.6) is 5.75 Å². The van der Waals surface area contributed by atoms with E-state index >= 15 is 0 Å². The van der Waals surface area contributed by atoms with Crippen LogP contribution in [-0.2, 0) is 9.59 Å². The van der Waals surface area contributed by atoms with Crippen molar-refractivity contribution < 1.29 is 14.3 Å². The number of hydrogen-bond donors (Lipinski definition) is 1. The number of nitrogens with one attached hydrogen (secondary N) is 1. The lowest BCUT2D eigenvalue weighted by Gasteiger charge is -2.24. The molecule has 2 rings (SSSR count). The van der Waals surface area contributed by atoms with E-state index in [9.17, 15) is 9.59 Å². The van der Waals surface area contributed by atoms with Crippen molar-refractivity contribution in [1.82, 2.24) is 4.90 Å². The van der Waals surface area contributed by atoms with E-state index in [0.717, 1.165) is 18.6 Å². The molecule has 0 saturated carbocycles. The van der Waals surface area contributed by atoms with Gasteiger partial charge in [-0.25, -0.2) is 0 Å². The smallest absolute Gasteiger partial charge is 0.247 e. The second-order valence-corrected chi connectivity index (χ2v) is 6.06. The Kier molecular flexibility index (Phi) is 5.41. The summed E-state index contributed by atoms with van der Waals surface area (Å²) in [5, 5.41) is 2.88. The number of likely N-dealkylation sites (tertiary alicyclic amines) is 1. The summed E-state index contributed by atoms with van der Waals surface area (Å²) < 4.78 is 5.09. The number of amides is 2. The highest BCUT2D eigenvalue weighted by atomic mass is 16.5. The van der Waals surface area contributed by atoms with E-state index in [1.54, 1.807) is 36.3 Å². The van der Waals surface area contributed by atoms with E-state index in [2.05, 4.69) is 5.32 Å². The van der Waals surface area contributed by atoms with Crippen LogP contribution in [0.3, 0.4) is 0 Å². The molecule has 2 amide bonds. The molecule has 1 saturated heterocycles. The number of hydrogen-bond acceptors (Lipinski definition) is 3. The van der Waals surface area contributed by atoms with Gasteiger partial charge in [-0.05, 0) is 43.0 Å². The molecule has 1 N–H and O–H groups in total. The number of methoxy groups -OCH3 is 1. The van der Waals surface area contributed by atoms with Crippen molar-refractivity contribution in [2.45, 2.75) is 39.2 Å².